The molecule has 3 N–H and O–H groups in total. The molecule has 0 fully saturated rings. The molecule has 0 aromatic heterocycles. The van der Waals surface area contributed by atoms with Gasteiger partial charge in [-0.15, -0.1) is 0 Å². The van der Waals surface area contributed by atoms with Crippen LogP contribution in [0.1, 0.15) is 5.56 Å². The van der Waals surface area contributed by atoms with Crippen LogP contribution in [-0.4, -0.2) is 42.8 Å². The zero-order valence-corrected chi connectivity index (χ0v) is 11.0. The first kappa shape index (κ1) is 15.5. The van der Waals surface area contributed by atoms with E-state index in [-0.39, 0.29) is 13.0 Å². The summed E-state index contributed by atoms with van der Waals surface area (Å²) >= 11 is 0. The van der Waals surface area contributed by atoms with E-state index in [4.69, 9.17) is 5.11 Å². The Hall–Kier alpha value is -2.57. The number of carbonyl (C=O) groups is 3. The summed E-state index contributed by atoms with van der Waals surface area (Å²) in [6, 6.07) is 7.11. The van der Waals surface area contributed by atoms with Gasteiger partial charge in [0, 0.05) is 6.42 Å². The highest BCUT2D eigenvalue weighted by molar-refractivity contribution is 5.85. The zero-order valence-electron chi connectivity index (χ0n) is 11.0. The molecule has 0 radical (unpaired) electrons. The van der Waals surface area contributed by atoms with Gasteiger partial charge in [0.15, 0.2) is 0 Å². The van der Waals surface area contributed by atoms with Crippen LogP contribution in [0.5, 0.6) is 0 Å². The molecule has 0 saturated heterocycles. The molecule has 2 amide bonds. The number of esters is 1. The van der Waals surface area contributed by atoms with Crippen molar-refractivity contribution in [3.8, 4) is 0 Å². The number of carbonyl (C=O) groups excluding carboxylic acids is 2. The second-order valence-electron chi connectivity index (χ2n) is 3.98. The number of urea groups is 1. The standard InChI is InChI=1S/C13H16N2O5/c1-20-11(16)8-14-13(19)15-10(12(17)18)7-9-5-3-2-4-6-9/h2-6,10H,7-8H2,1H3,(H,17,18)(H2,14,15,19)/t10-/m1/s1. The number of amides is 2. The summed E-state index contributed by atoms with van der Waals surface area (Å²) in [5, 5.41) is 13.6. The maximum Gasteiger partial charge on any atom is 0.326 e. The van der Waals surface area contributed by atoms with Crippen molar-refractivity contribution >= 4 is 18.0 Å². The zero-order chi connectivity index (χ0) is 15.0. The number of nitrogens with one attached hydrogen (secondary N) is 2. The number of carboxylic acid groups (broad SMARTS) is 1. The number of aliphatic carboxylic acids is 1. The number of benzene rings is 1. The van der Waals surface area contributed by atoms with Gasteiger partial charge in [-0.1, -0.05) is 30.3 Å². The van der Waals surface area contributed by atoms with Crippen molar-refractivity contribution in [1.82, 2.24) is 10.6 Å². The molecule has 1 aromatic rings. The van der Waals surface area contributed by atoms with Crippen LogP contribution >= 0.6 is 0 Å². The van der Waals surface area contributed by atoms with Crippen molar-refractivity contribution in [2.24, 2.45) is 0 Å². The van der Waals surface area contributed by atoms with Crippen molar-refractivity contribution < 1.29 is 24.2 Å². The molecule has 0 aliphatic rings. The molecule has 7 heteroatoms. The molecule has 108 valence electrons. The normalized spacial score (nSPS) is 11.2. The van der Waals surface area contributed by atoms with Gasteiger partial charge in [0.1, 0.15) is 12.6 Å². The van der Waals surface area contributed by atoms with Crippen molar-refractivity contribution in [2.45, 2.75) is 12.5 Å². The lowest BCUT2D eigenvalue weighted by Gasteiger charge is -2.15. The van der Waals surface area contributed by atoms with Gasteiger partial charge < -0.3 is 20.5 Å². The van der Waals surface area contributed by atoms with Crippen molar-refractivity contribution in [1.29, 1.82) is 0 Å². The minimum atomic E-state index is -1.15. The Bertz CT molecular complexity index is 475. The summed E-state index contributed by atoms with van der Waals surface area (Å²) in [6.45, 7) is -0.319. The van der Waals surface area contributed by atoms with Gasteiger partial charge in [-0.25, -0.2) is 9.59 Å². The van der Waals surface area contributed by atoms with Gasteiger partial charge in [-0.05, 0) is 5.56 Å². The minimum Gasteiger partial charge on any atom is -0.480 e. The topological polar surface area (TPSA) is 105 Å². The summed E-state index contributed by atoms with van der Waals surface area (Å²) < 4.78 is 4.35. The van der Waals surface area contributed by atoms with Gasteiger partial charge in [-0.3, -0.25) is 4.79 Å². The third-order valence-electron chi connectivity index (χ3n) is 2.51. The first-order chi connectivity index (χ1) is 9.52. The van der Waals surface area contributed by atoms with E-state index < -0.39 is 24.0 Å². The van der Waals surface area contributed by atoms with Crippen LogP contribution in [0.4, 0.5) is 4.79 Å². The molecular formula is C13H16N2O5. The van der Waals surface area contributed by atoms with Gasteiger partial charge >= 0.3 is 18.0 Å². The van der Waals surface area contributed by atoms with Gasteiger partial charge in [0.2, 0.25) is 0 Å². The highest BCUT2D eigenvalue weighted by Crippen LogP contribution is 2.03. The summed E-state index contributed by atoms with van der Waals surface area (Å²) in [5.41, 5.74) is 0.785. The quantitative estimate of drug-likeness (QED) is 0.644. The predicted molar refractivity (Wildman–Crippen MR) is 70.1 cm³/mol. The molecule has 0 aliphatic carbocycles. The fourth-order valence-corrected chi connectivity index (χ4v) is 1.48. The van der Waals surface area contributed by atoms with Gasteiger partial charge in [0.25, 0.3) is 0 Å². The van der Waals surface area contributed by atoms with Crippen LogP contribution < -0.4 is 10.6 Å². The van der Waals surface area contributed by atoms with Crippen LogP contribution in [0.25, 0.3) is 0 Å². The second kappa shape index (κ2) is 7.78. The Kier molecular flexibility index (Phi) is 6.02. The summed E-state index contributed by atoms with van der Waals surface area (Å²) in [4.78, 5) is 33.4. The number of hydrogen-bond acceptors (Lipinski definition) is 4. The smallest absolute Gasteiger partial charge is 0.326 e. The van der Waals surface area contributed by atoms with E-state index in [2.05, 4.69) is 15.4 Å². The number of hydrogen-bond donors (Lipinski definition) is 3. The Balaban J connectivity index is 2.53. The van der Waals surface area contributed by atoms with Crippen molar-refractivity contribution in [2.75, 3.05) is 13.7 Å². The van der Waals surface area contributed by atoms with Crippen LogP contribution in [-0.2, 0) is 20.7 Å². The third-order valence-corrected chi connectivity index (χ3v) is 2.51. The molecule has 0 aliphatic heterocycles. The molecular weight excluding hydrogens is 264 g/mol. The van der Waals surface area contributed by atoms with E-state index in [0.717, 1.165) is 5.56 Å². The van der Waals surface area contributed by atoms with E-state index in [0.29, 0.717) is 0 Å². The number of rotatable bonds is 6. The second-order valence-corrected chi connectivity index (χ2v) is 3.98. The summed E-state index contributed by atoms with van der Waals surface area (Å²) in [5.74, 6) is -1.77. The maximum atomic E-state index is 11.5. The SMILES string of the molecule is COC(=O)CNC(=O)N[C@H](Cc1ccccc1)C(=O)O. The third kappa shape index (κ3) is 5.38. The average Bonchev–Trinajstić information content (AvgIpc) is 2.45. The van der Waals surface area contributed by atoms with E-state index in [1.54, 1.807) is 24.3 Å². The molecule has 0 heterocycles. The van der Waals surface area contributed by atoms with Crippen molar-refractivity contribution in [3.05, 3.63) is 35.9 Å². The molecule has 1 aromatic carbocycles. The van der Waals surface area contributed by atoms with Crippen molar-refractivity contribution in [3.63, 3.8) is 0 Å². The first-order valence-corrected chi connectivity index (χ1v) is 5.91. The number of methoxy groups -OCH3 is 1. The molecule has 0 unspecified atom stereocenters. The lowest BCUT2D eigenvalue weighted by atomic mass is 10.1. The molecule has 20 heavy (non-hydrogen) atoms. The predicted octanol–water partition coefficient (Wildman–Crippen LogP) is 0.154. The van der Waals surface area contributed by atoms with E-state index in [9.17, 15) is 14.4 Å². The average molecular weight is 280 g/mol. The Morgan fingerprint density at radius 3 is 2.45 bits per heavy atom. The summed E-state index contributed by atoms with van der Waals surface area (Å²) in [6.07, 6.45) is 0.155. The number of ether oxygens (including phenoxy) is 1. The highest BCUT2D eigenvalue weighted by Gasteiger charge is 2.20. The molecule has 1 rings (SSSR count). The molecule has 0 saturated carbocycles. The molecule has 0 bridgehead atoms. The molecule has 7 nitrogen and oxygen atoms in total. The van der Waals surface area contributed by atoms with Crippen LogP contribution in [0.15, 0.2) is 30.3 Å². The molecule has 1 atom stereocenters. The fourth-order valence-electron chi connectivity index (χ4n) is 1.48. The lowest BCUT2D eigenvalue weighted by molar-refractivity contribution is -0.139. The van der Waals surface area contributed by atoms with Crippen LogP contribution in [0.3, 0.4) is 0 Å². The number of carboxylic acids is 1. The van der Waals surface area contributed by atoms with Crippen LogP contribution in [0.2, 0.25) is 0 Å². The Morgan fingerprint density at radius 2 is 1.90 bits per heavy atom. The monoisotopic (exact) mass is 280 g/mol. The fraction of sp³-hybridized carbons (Fsp3) is 0.308. The Labute approximate surface area is 115 Å². The lowest BCUT2D eigenvalue weighted by Crippen LogP contribution is -2.48. The van der Waals surface area contributed by atoms with E-state index >= 15 is 0 Å². The van der Waals surface area contributed by atoms with E-state index in [1.807, 2.05) is 6.07 Å². The highest BCUT2D eigenvalue weighted by atomic mass is 16.5. The minimum absolute atomic E-state index is 0.155. The van der Waals surface area contributed by atoms with Gasteiger partial charge in [-0.2, -0.15) is 0 Å². The summed E-state index contributed by atoms with van der Waals surface area (Å²) in [7, 11) is 1.19. The van der Waals surface area contributed by atoms with Crippen LogP contribution in [0, 0.1) is 0 Å². The van der Waals surface area contributed by atoms with E-state index in [1.165, 1.54) is 7.11 Å². The maximum absolute atomic E-state index is 11.5. The largest absolute Gasteiger partial charge is 0.480 e. The van der Waals surface area contributed by atoms with Gasteiger partial charge in [0.05, 0.1) is 7.11 Å². The Morgan fingerprint density at radius 1 is 1.25 bits per heavy atom. The molecule has 0 spiro atoms. The first-order valence-electron chi connectivity index (χ1n) is 5.91.